The Kier molecular flexibility index (Phi) is 3.53. The highest BCUT2D eigenvalue weighted by atomic mass is 35.5. The van der Waals surface area contributed by atoms with Gasteiger partial charge in [-0.05, 0) is 36.6 Å². The Morgan fingerprint density at radius 2 is 2.14 bits per heavy atom. The Hall–Kier alpha value is -2.11. The van der Waals surface area contributed by atoms with E-state index >= 15 is 0 Å². The van der Waals surface area contributed by atoms with Gasteiger partial charge in [0.05, 0.1) is 22.0 Å². The second-order valence-corrected chi connectivity index (χ2v) is 5.87. The average Bonchev–Trinajstić information content (AvgIpc) is 3.05. The molecule has 21 heavy (non-hydrogen) atoms. The third-order valence-corrected chi connectivity index (χ3v) is 4.19. The van der Waals surface area contributed by atoms with E-state index in [0.717, 1.165) is 10.6 Å². The van der Waals surface area contributed by atoms with Gasteiger partial charge in [-0.25, -0.2) is 9.48 Å². The molecule has 0 saturated carbocycles. The van der Waals surface area contributed by atoms with Crippen molar-refractivity contribution in [2.24, 2.45) is 0 Å². The van der Waals surface area contributed by atoms with E-state index in [-0.39, 0.29) is 5.56 Å². The van der Waals surface area contributed by atoms with Crippen LogP contribution in [0.15, 0.2) is 41.8 Å². The van der Waals surface area contributed by atoms with Crippen molar-refractivity contribution in [1.29, 1.82) is 0 Å². The molecule has 4 nitrogen and oxygen atoms in total. The van der Waals surface area contributed by atoms with E-state index in [0.29, 0.717) is 16.4 Å². The molecule has 0 amide bonds. The Morgan fingerprint density at radius 3 is 2.76 bits per heavy atom. The van der Waals surface area contributed by atoms with Crippen LogP contribution in [-0.2, 0) is 0 Å². The molecule has 3 aromatic rings. The van der Waals surface area contributed by atoms with Gasteiger partial charge >= 0.3 is 5.97 Å². The standard InChI is InChI=1S/C15H11ClN2O2S/c1-9-13(15(19)20)14(12-6-3-7-21-12)18(17-9)11-5-2-4-10(16)8-11/h2-8H,1H3,(H,19,20). The van der Waals surface area contributed by atoms with E-state index < -0.39 is 5.97 Å². The summed E-state index contributed by atoms with van der Waals surface area (Å²) in [4.78, 5) is 12.4. The van der Waals surface area contributed by atoms with E-state index in [2.05, 4.69) is 5.10 Å². The molecule has 0 atom stereocenters. The number of carbonyl (C=O) groups is 1. The maximum Gasteiger partial charge on any atom is 0.339 e. The number of carboxylic acid groups (broad SMARTS) is 1. The smallest absolute Gasteiger partial charge is 0.339 e. The van der Waals surface area contributed by atoms with Gasteiger partial charge in [-0.1, -0.05) is 23.7 Å². The van der Waals surface area contributed by atoms with Crippen LogP contribution in [0, 0.1) is 6.92 Å². The van der Waals surface area contributed by atoms with Crippen molar-refractivity contribution in [3.8, 4) is 16.3 Å². The first-order chi connectivity index (χ1) is 10.1. The van der Waals surface area contributed by atoms with Crippen molar-refractivity contribution in [3.63, 3.8) is 0 Å². The minimum absolute atomic E-state index is 0.220. The predicted octanol–water partition coefficient (Wildman–Crippen LogP) is 4.26. The maximum absolute atomic E-state index is 11.6. The average molecular weight is 319 g/mol. The molecule has 106 valence electrons. The van der Waals surface area contributed by atoms with Gasteiger partial charge in [-0.2, -0.15) is 5.10 Å². The van der Waals surface area contributed by atoms with Gasteiger partial charge in [0.15, 0.2) is 0 Å². The van der Waals surface area contributed by atoms with Crippen molar-refractivity contribution >= 4 is 28.9 Å². The number of rotatable bonds is 3. The number of thiophene rings is 1. The Bertz CT molecular complexity index is 809. The van der Waals surface area contributed by atoms with Gasteiger partial charge in [-0.15, -0.1) is 11.3 Å². The summed E-state index contributed by atoms with van der Waals surface area (Å²) in [6.45, 7) is 1.70. The number of halogens is 1. The van der Waals surface area contributed by atoms with Crippen LogP contribution in [0.5, 0.6) is 0 Å². The first kappa shape index (κ1) is 13.9. The zero-order chi connectivity index (χ0) is 15.0. The van der Waals surface area contributed by atoms with E-state index in [1.165, 1.54) is 11.3 Å². The van der Waals surface area contributed by atoms with Crippen molar-refractivity contribution in [1.82, 2.24) is 9.78 Å². The van der Waals surface area contributed by atoms with E-state index in [9.17, 15) is 9.90 Å². The molecular formula is C15H11ClN2O2S. The third kappa shape index (κ3) is 2.46. The molecule has 0 unspecified atom stereocenters. The van der Waals surface area contributed by atoms with Crippen LogP contribution in [-0.4, -0.2) is 20.9 Å². The molecule has 0 aliphatic heterocycles. The number of benzene rings is 1. The number of aryl methyl sites for hydroxylation is 1. The summed E-state index contributed by atoms with van der Waals surface area (Å²) in [6.07, 6.45) is 0. The van der Waals surface area contributed by atoms with E-state index in [1.807, 2.05) is 29.6 Å². The van der Waals surface area contributed by atoms with Gasteiger partial charge < -0.3 is 5.11 Å². The summed E-state index contributed by atoms with van der Waals surface area (Å²) in [5.41, 5.74) is 2.02. The van der Waals surface area contributed by atoms with Crippen LogP contribution in [0.1, 0.15) is 16.1 Å². The molecule has 1 N–H and O–H groups in total. The fraction of sp³-hybridized carbons (Fsp3) is 0.0667. The van der Waals surface area contributed by atoms with Crippen LogP contribution < -0.4 is 0 Å². The number of aromatic carboxylic acids is 1. The van der Waals surface area contributed by atoms with Crippen LogP contribution in [0.4, 0.5) is 0 Å². The third-order valence-electron chi connectivity index (χ3n) is 3.08. The van der Waals surface area contributed by atoms with Crippen LogP contribution >= 0.6 is 22.9 Å². The Morgan fingerprint density at radius 1 is 1.33 bits per heavy atom. The zero-order valence-corrected chi connectivity index (χ0v) is 12.6. The van der Waals surface area contributed by atoms with E-state index in [4.69, 9.17) is 11.6 Å². The van der Waals surface area contributed by atoms with Crippen molar-refractivity contribution in [2.45, 2.75) is 6.92 Å². The van der Waals surface area contributed by atoms with Gasteiger partial charge in [0, 0.05) is 5.02 Å². The van der Waals surface area contributed by atoms with Crippen LogP contribution in [0.3, 0.4) is 0 Å². The van der Waals surface area contributed by atoms with E-state index in [1.54, 1.807) is 23.7 Å². The lowest BCUT2D eigenvalue weighted by atomic mass is 10.1. The van der Waals surface area contributed by atoms with Gasteiger partial charge in [0.2, 0.25) is 0 Å². The quantitative estimate of drug-likeness (QED) is 0.785. The molecule has 0 aliphatic carbocycles. The molecule has 1 aromatic carbocycles. The largest absolute Gasteiger partial charge is 0.478 e. The number of hydrogen-bond donors (Lipinski definition) is 1. The summed E-state index contributed by atoms with van der Waals surface area (Å²) in [7, 11) is 0. The molecule has 2 heterocycles. The fourth-order valence-electron chi connectivity index (χ4n) is 2.22. The number of carboxylic acids is 1. The SMILES string of the molecule is Cc1nn(-c2cccc(Cl)c2)c(-c2cccs2)c1C(=O)O. The highest BCUT2D eigenvalue weighted by molar-refractivity contribution is 7.13. The Balaban J connectivity index is 2.31. The summed E-state index contributed by atoms with van der Waals surface area (Å²) in [5, 5.41) is 16.4. The molecule has 3 rings (SSSR count). The molecule has 0 radical (unpaired) electrons. The highest BCUT2D eigenvalue weighted by Crippen LogP contribution is 2.32. The lowest BCUT2D eigenvalue weighted by Crippen LogP contribution is -2.02. The number of aromatic nitrogens is 2. The maximum atomic E-state index is 11.6. The topological polar surface area (TPSA) is 55.1 Å². The second-order valence-electron chi connectivity index (χ2n) is 4.48. The predicted molar refractivity (Wildman–Crippen MR) is 83.6 cm³/mol. The van der Waals surface area contributed by atoms with Crippen molar-refractivity contribution in [3.05, 3.63) is 58.1 Å². The first-order valence-corrected chi connectivity index (χ1v) is 7.46. The molecule has 0 aliphatic rings. The summed E-state index contributed by atoms with van der Waals surface area (Å²) < 4.78 is 1.64. The molecule has 0 fully saturated rings. The second kappa shape index (κ2) is 5.35. The van der Waals surface area contributed by atoms with Crippen LogP contribution in [0.25, 0.3) is 16.3 Å². The zero-order valence-electron chi connectivity index (χ0n) is 11.1. The minimum Gasteiger partial charge on any atom is -0.478 e. The summed E-state index contributed by atoms with van der Waals surface area (Å²) >= 11 is 7.50. The molecule has 0 bridgehead atoms. The molecule has 2 aromatic heterocycles. The molecule has 6 heteroatoms. The normalized spacial score (nSPS) is 10.8. The minimum atomic E-state index is -0.982. The van der Waals surface area contributed by atoms with Crippen molar-refractivity contribution in [2.75, 3.05) is 0 Å². The molecular weight excluding hydrogens is 308 g/mol. The fourth-order valence-corrected chi connectivity index (χ4v) is 3.16. The lowest BCUT2D eigenvalue weighted by Gasteiger charge is -2.07. The monoisotopic (exact) mass is 318 g/mol. The summed E-state index contributed by atoms with van der Waals surface area (Å²) in [6, 6.07) is 11.0. The molecule has 0 spiro atoms. The van der Waals surface area contributed by atoms with Crippen LogP contribution in [0.2, 0.25) is 5.02 Å². The van der Waals surface area contributed by atoms with Gasteiger partial charge in [0.1, 0.15) is 5.56 Å². The highest BCUT2D eigenvalue weighted by Gasteiger charge is 2.23. The number of nitrogens with zero attached hydrogens (tertiary/aromatic N) is 2. The van der Waals surface area contributed by atoms with Gasteiger partial charge in [0.25, 0.3) is 0 Å². The summed E-state index contributed by atoms with van der Waals surface area (Å²) in [5.74, 6) is -0.982. The van der Waals surface area contributed by atoms with Gasteiger partial charge in [-0.3, -0.25) is 0 Å². The van der Waals surface area contributed by atoms with Crippen molar-refractivity contribution < 1.29 is 9.90 Å². The first-order valence-electron chi connectivity index (χ1n) is 6.20. The lowest BCUT2D eigenvalue weighted by molar-refractivity contribution is 0.0697. The number of hydrogen-bond acceptors (Lipinski definition) is 3. The molecule has 0 saturated heterocycles. The Labute approximate surface area is 130 Å².